The Morgan fingerprint density at radius 3 is 2.55 bits per heavy atom. The van der Waals surface area contributed by atoms with Gasteiger partial charge in [0.05, 0.1) is 0 Å². The predicted octanol–water partition coefficient (Wildman–Crippen LogP) is 3.19. The number of carbonyl (C=O) groups is 1. The molecular formula is C10H4F4N2O3S. The van der Waals surface area contributed by atoms with Crippen molar-refractivity contribution in [3.8, 4) is 10.9 Å². The van der Waals surface area contributed by atoms with Crippen molar-refractivity contribution >= 4 is 17.3 Å². The van der Waals surface area contributed by atoms with E-state index in [4.69, 9.17) is 9.84 Å². The van der Waals surface area contributed by atoms with E-state index in [1.165, 1.54) is 0 Å². The lowest BCUT2D eigenvalue weighted by molar-refractivity contribution is -0.138. The maximum absolute atomic E-state index is 12.9. The number of carboxylic acid groups (broad SMARTS) is 1. The minimum atomic E-state index is -4.67. The van der Waals surface area contributed by atoms with Crippen LogP contribution in [0.1, 0.15) is 15.4 Å². The Morgan fingerprint density at radius 1 is 1.30 bits per heavy atom. The minimum Gasteiger partial charge on any atom is -0.478 e. The average molecular weight is 308 g/mol. The molecule has 1 aromatic carbocycles. The summed E-state index contributed by atoms with van der Waals surface area (Å²) in [6.07, 6.45) is -4.67. The summed E-state index contributed by atoms with van der Waals surface area (Å²) >= 11 is 0.103. The highest BCUT2D eigenvalue weighted by Crippen LogP contribution is 2.36. The first kappa shape index (κ1) is 14.2. The van der Waals surface area contributed by atoms with Crippen LogP contribution in [-0.2, 0) is 6.18 Å². The summed E-state index contributed by atoms with van der Waals surface area (Å²) in [4.78, 5) is 10.9. The fourth-order valence-corrected chi connectivity index (χ4v) is 1.79. The van der Waals surface area contributed by atoms with Gasteiger partial charge in [0, 0.05) is 0 Å². The topological polar surface area (TPSA) is 72.3 Å². The van der Waals surface area contributed by atoms with Crippen LogP contribution in [-0.4, -0.2) is 21.3 Å². The zero-order valence-corrected chi connectivity index (χ0v) is 10.1. The molecule has 0 aliphatic rings. The van der Waals surface area contributed by atoms with Gasteiger partial charge in [0.1, 0.15) is 17.1 Å². The smallest absolute Gasteiger partial charge is 0.445 e. The molecule has 1 N–H and O–H groups in total. The maximum atomic E-state index is 12.9. The van der Waals surface area contributed by atoms with Crippen LogP contribution >= 0.6 is 11.3 Å². The number of benzene rings is 1. The van der Waals surface area contributed by atoms with E-state index in [1.807, 2.05) is 0 Å². The SMILES string of the molecule is O=C(O)c1cc(F)ccc1Oc1nnc(C(F)(F)F)s1. The molecule has 0 unspecified atom stereocenters. The van der Waals surface area contributed by atoms with Gasteiger partial charge in [-0.15, -0.1) is 5.10 Å². The number of ether oxygens (including phenoxy) is 1. The highest BCUT2D eigenvalue weighted by molar-refractivity contribution is 7.13. The molecule has 0 spiro atoms. The molecule has 2 rings (SSSR count). The molecule has 0 bridgehead atoms. The van der Waals surface area contributed by atoms with E-state index in [2.05, 4.69) is 10.2 Å². The third kappa shape index (κ3) is 3.02. The Morgan fingerprint density at radius 2 is 2.00 bits per heavy atom. The lowest BCUT2D eigenvalue weighted by atomic mass is 10.2. The summed E-state index contributed by atoms with van der Waals surface area (Å²) in [6, 6.07) is 2.57. The van der Waals surface area contributed by atoms with Gasteiger partial charge in [-0.1, -0.05) is 16.4 Å². The molecule has 20 heavy (non-hydrogen) atoms. The Kier molecular flexibility index (Phi) is 3.57. The van der Waals surface area contributed by atoms with Crippen LogP contribution < -0.4 is 4.74 Å². The zero-order chi connectivity index (χ0) is 14.9. The molecule has 0 fully saturated rings. The van der Waals surface area contributed by atoms with Crippen molar-refractivity contribution < 1.29 is 32.2 Å². The number of alkyl halides is 3. The van der Waals surface area contributed by atoms with Gasteiger partial charge in [-0.25, -0.2) is 9.18 Å². The Labute approximate surface area is 112 Å². The zero-order valence-electron chi connectivity index (χ0n) is 9.31. The Hall–Kier alpha value is -2.23. The van der Waals surface area contributed by atoms with Crippen molar-refractivity contribution in [2.75, 3.05) is 0 Å². The molecule has 0 saturated heterocycles. The lowest BCUT2D eigenvalue weighted by Crippen LogP contribution is -2.03. The van der Waals surface area contributed by atoms with Gasteiger partial charge < -0.3 is 9.84 Å². The van der Waals surface area contributed by atoms with Crippen LogP contribution in [0.3, 0.4) is 0 Å². The number of carboxylic acids is 1. The standard InChI is InChI=1S/C10H4F4N2O3S/c11-4-1-2-6(5(3-4)7(17)18)19-9-16-15-8(20-9)10(12,13)14/h1-3H,(H,17,18). The molecule has 10 heteroatoms. The first-order chi connectivity index (χ1) is 9.27. The normalized spacial score (nSPS) is 11.4. The lowest BCUT2D eigenvalue weighted by Gasteiger charge is -2.05. The van der Waals surface area contributed by atoms with Crippen molar-refractivity contribution in [3.05, 3.63) is 34.6 Å². The molecule has 0 saturated carbocycles. The first-order valence-corrected chi connectivity index (χ1v) is 5.70. The molecule has 2 aromatic rings. The molecule has 0 amide bonds. The number of hydrogen-bond acceptors (Lipinski definition) is 5. The highest BCUT2D eigenvalue weighted by Gasteiger charge is 2.36. The van der Waals surface area contributed by atoms with Crippen molar-refractivity contribution in [1.29, 1.82) is 0 Å². The number of hydrogen-bond donors (Lipinski definition) is 1. The first-order valence-electron chi connectivity index (χ1n) is 4.89. The van der Waals surface area contributed by atoms with Crippen LogP contribution in [0.4, 0.5) is 17.6 Å². The van der Waals surface area contributed by atoms with Crippen LogP contribution in [0, 0.1) is 5.82 Å². The number of aromatic nitrogens is 2. The van der Waals surface area contributed by atoms with E-state index in [1.54, 1.807) is 0 Å². The van der Waals surface area contributed by atoms with Gasteiger partial charge in [-0.05, 0) is 18.2 Å². The second-order valence-electron chi connectivity index (χ2n) is 3.42. The second kappa shape index (κ2) is 5.04. The van der Waals surface area contributed by atoms with E-state index < -0.39 is 33.7 Å². The van der Waals surface area contributed by atoms with Gasteiger partial charge in [0.15, 0.2) is 0 Å². The molecule has 0 aliphatic carbocycles. The second-order valence-corrected chi connectivity index (χ2v) is 4.36. The molecular weight excluding hydrogens is 304 g/mol. The van der Waals surface area contributed by atoms with Gasteiger partial charge in [0.25, 0.3) is 5.19 Å². The highest BCUT2D eigenvalue weighted by atomic mass is 32.1. The molecule has 1 aromatic heterocycles. The Bertz CT molecular complexity index is 656. The monoisotopic (exact) mass is 308 g/mol. The van der Waals surface area contributed by atoms with Crippen LogP contribution in [0.15, 0.2) is 18.2 Å². The molecule has 106 valence electrons. The number of halogens is 4. The predicted molar refractivity (Wildman–Crippen MR) is 58.3 cm³/mol. The van der Waals surface area contributed by atoms with Crippen molar-refractivity contribution in [3.63, 3.8) is 0 Å². The van der Waals surface area contributed by atoms with Gasteiger partial charge in [-0.3, -0.25) is 0 Å². The van der Waals surface area contributed by atoms with Gasteiger partial charge in [-0.2, -0.15) is 13.2 Å². The number of aromatic carboxylic acids is 1. The van der Waals surface area contributed by atoms with Gasteiger partial charge in [0.2, 0.25) is 5.01 Å². The molecule has 5 nitrogen and oxygen atoms in total. The summed E-state index contributed by atoms with van der Waals surface area (Å²) < 4.78 is 54.7. The van der Waals surface area contributed by atoms with Crippen molar-refractivity contribution in [2.24, 2.45) is 0 Å². The Balaban J connectivity index is 2.31. The van der Waals surface area contributed by atoms with Crippen molar-refractivity contribution in [1.82, 2.24) is 10.2 Å². The molecule has 1 heterocycles. The molecule has 0 radical (unpaired) electrons. The van der Waals surface area contributed by atoms with E-state index in [0.717, 1.165) is 12.1 Å². The summed E-state index contributed by atoms with van der Waals surface area (Å²) in [5, 5.41) is 13.1. The quantitative estimate of drug-likeness (QED) is 0.882. The number of nitrogens with zero attached hydrogens (tertiary/aromatic N) is 2. The average Bonchev–Trinajstić information content (AvgIpc) is 2.79. The summed E-state index contributed by atoms with van der Waals surface area (Å²) in [7, 11) is 0. The third-order valence-electron chi connectivity index (χ3n) is 2.02. The van der Waals surface area contributed by atoms with Crippen LogP contribution in [0.5, 0.6) is 10.9 Å². The van der Waals surface area contributed by atoms with E-state index in [-0.39, 0.29) is 17.1 Å². The molecule has 0 atom stereocenters. The van der Waals surface area contributed by atoms with Crippen molar-refractivity contribution in [2.45, 2.75) is 6.18 Å². The van der Waals surface area contributed by atoms with Crippen LogP contribution in [0.2, 0.25) is 0 Å². The van der Waals surface area contributed by atoms with Crippen LogP contribution in [0.25, 0.3) is 0 Å². The fourth-order valence-electron chi connectivity index (χ4n) is 1.22. The fraction of sp³-hybridized carbons (Fsp3) is 0.100. The van der Waals surface area contributed by atoms with Gasteiger partial charge >= 0.3 is 12.1 Å². The van der Waals surface area contributed by atoms with E-state index in [9.17, 15) is 22.4 Å². The summed E-state index contributed by atoms with van der Waals surface area (Å²) in [5.74, 6) is -2.63. The number of rotatable bonds is 3. The van der Waals surface area contributed by atoms with E-state index >= 15 is 0 Å². The largest absolute Gasteiger partial charge is 0.478 e. The minimum absolute atomic E-state index is 0.103. The van der Waals surface area contributed by atoms with E-state index in [0.29, 0.717) is 6.07 Å². The maximum Gasteiger partial charge on any atom is 0.445 e. The molecule has 0 aliphatic heterocycles. The summed E-state index contributed by atoms with van der Waals surface area (Å²) in [5.41, 5.74) is -0.534. The third-order valence-corrected chi connectivity index (χ3v) is 2.86. The summed E-state index contributed by atoms with van der Waals surface area (Å²) in [6.45, 7) is 0.